The molecule has 2 atom stereocenters. The Balaban J connectivity index is 1.45. The zero-order chi connectivity index (χ0) is 24.6. The third-order valence-electron chi connectivity index (χ3n) is 6.90. The quantitative estimate of drug-likeness (QED) is 0.207. The maximum atomic E-state index is 5.17. The third-order valence-corrected chi connectivity index (χ3v) is 9.42. The number of hydrogen-bond donors (Lipinski definition) is 0. The Morgan fingerprint density at radius 2 is 1.06 bits per heavy atom. The van der Waals surface area contributed by atoms with Crippen molar-refractivity contribution in [2.24, 2.45) is 9.98 Å². The molecule has 1 aliphatic carbocycles. The molecule has 2 nitrogen and oxygen atoms in total. The van der Waals surface area contributed by atoms with Gasteiger partial charge in [-0.05, 0) is 54.7 Å². The Bertz CT molecular complexity index is 1270. The molecule has 1 fully saturated rings. The second kappa shape index (κ2) is 12.1. The van der Waals surface area contributed by atoms with Gasteiger partial charge in [-0.2, -0.15) is 0 Å². The highest BCUT2D eigenvalue weighted by molar-refractivity contribution is 7.80. The van der Waals surface area contributed by atoms with E-state index < -0.39 is 7.92 Å². The standard InChI is InChI=1S/C33H33N2P/c1-26-14-8-9-15-27(26)24-34-31-21-11-12-22-32(31)35-25-28-16-10-13-23-33(28)36(29-17-4-2-5-18-29)30-19-6-3-7-20-30/h2-10,13-20,23-25,31-32H,11-12,21-22H2,1H3/t31-,32-/m1/s1. The van der Waals surface area contributed by atoms with Crippen LogP contribution in [-0.2, 0) is 0 Å². The SMILES string of the molecule is Cc1ccccc1C=N[C@@H]1CCCC[C@H]1N=Cc1ccccc1P(c1ccccc1)c1ccccc1. The van der Waals surface area contributed by atoms with Gasteiger partial charge in [0.05, 0.1) is 12.1 Å². The van der Waals surface area contributed by atoms with Gasteiger partial charge in [0.2, 0.25) is 0 Å². The largest absolute Gasteiger partial charge is 0.287 e. The second-order valence-corrected chi connectivity index (χ2v) is 11.6. The maximum Gasteiger partial charge on any atom is 0.0723 e. The van der Waals surface area contributed by atoms with Crippen LogP contribution < -0.4 is 15.9 Å². The molecule has 0 spiro atoms. The summed E-state index contributed by atoms with van der Waals surface area (Å²) in [7, 11) is -0.668. The van der Waals surface area contributed by atoms with Gasteiger partial charge in [-0.3, -0.25) is 9.98 Å². The molecule has 5 rings (SSSR count). The molecule has 0 aliphatic heterocycles. The van der Waals surface area contributed by atoms with Gasteiger partial charge in [-0.1, -0.05) is 122 Å². The second-order valence-electron chi connectivity index (χ2n) is 9.40. The zero-order valence-electron chi connectivity index (χ0n) is 20.9. The summed E-state index contributed by atoms with van der Waals surface area (Å²) in [6.07, 6.45) is 8.84. The van der Waals surface area contributed by atoms with Crippen molar-refractivity contribution in [3.63, 3.8) is 0 Å². The molecule has 3 heteroatoms. The van der Waals surface area contributed by atoms with Crippen LogP contribution >= 0.6 is 7.92 Å². The number of aryl methyl sites for hydroxylation is 1. The Kier molecular flexibility index (Phi) is 8.16. The van der Waals surface area contributed by atoms with E-state index in [1.807, 2.05) is 0 Å². The zero-order valence-corrected chi connectivity index (χ0v) is 21.8. The summed E-state index contributed by atoms with van der Waals surface area (Å²) in [4.78, 5) is 10.2. The van der Waals surface area contributed by atoms with E-state index in [-0.39, 0.29) is 12.1 Å². The number of rotatable bonds is 7. The molecule has 0 unspecified atom stereocenters. The van der Waals surface area contributed by atoms with Crippen LogP contribution in [0.3, 0.4) is 0 Å². The van der Waals surface area contributed by atoms with E-state index in [4.69, 9.17) is 9.98 Å². The minimum absolute atomic E-state index is 0.228. The molecule has 0 bridgehead atoms. The first-order valence-corrected chi connectivity index (χ1v) is 14.2. The molecular weight excluding hydrogens is 455 g/mol. The summed E-state index contributed by atoms with van der Waals surface area (Å²) < 4.78 is 0. The normalized spacial score (nSPS) is 18.3. The van der Waals surface area contributed by atoms with Crippen molar-refractivity contribution in [1.29, 1.82) is 0 Å². The lowest BCUT2D eigenvalue weighted by Gasteiger charge is -2.26. The van der Waals surface area contributed by atoms with Crippen molar-refractivity contribution in [1.82, 2.24) is 0 Å². The van der Waals surface area contributed by atoms with Gasteiger partial charge in [-0.25, -0.2) is 0 Å². The summed E-state index contributed by atoms with van der Waals surface area (Å²) >= 11 is 0. The fraction of sp³-hybridized carbons (Fsp3) is 0.212. The van der Waals surface area contributed by atoms with Crippen LogP contribution in [0.2, 0.25) is 0 Å². The summed E-state index contributed by atoms with van der Waals surface area (Å²) in [6.45, 7) is 2.15. The molecule has 0 saturated heterocycles. The number of nitrogens with zero attached hydrogens (tertiary/aromatic N) is 2. The average Bonchev–Trinajstić information content (AvgIpc) is 2.94. The highest BCUT2D eigenvalue weighted by Gasteiger charge is 2.24. The van der Waals surface area contributed by atoms with Gasteiger partial charge in [0, 0.05) is 18.0 Å². The molecule has 0 heterocycles. The summed E-state index contributed by atoms with van der Waals surface area (Å²) in [5, 5.41) is 4.07. The van der Waals surface area contributed by atoms with E-state index in [1.54, 1.807) is 0 Å². The van der Waals surface area contributed by atoms with Gasteiger partial charge in [0.1, 0.15) is 0 Å². The summed E-state index contributed by atoms with van der Waals surface area (Å²) in [5.41, 5.74) is 3.68. The fourth-order valence-corrected chi connectivity index (χ4v) is 7.33. The first-order chi connectivity index (χ1) is 17.8. The van der Waals surface area contributed by atoms with Crippen LogP contribution in [0.4, 0.5) is 0 Å². The molecule has 180 valence electrons. The van der Waals surface area contributed by atoms with Crippen LogP contribution in [-0.4, -0.2) is 24.5 Å². The van der Waals surface area contributed by atoms with Crippen molar-refractivity contribution in [3.05, 3.63) is 126 Å². The molecule has 0 amide bonds. The van der Waals surface area contributed by atoms with E-state index >= 15 is 0 Å². The van der Waals surface area contributed by atoms with Crippen LogP contribution in [0.5, 0.6) is 0 Å². The van der Waals surface area contributed by atoms with Crippen molar-refractivity contribution < 1.29 is 0 Å². The van der Waals surface area contributed by atoms with Gasteiger partial charge in [0.25, 0.3) is 0 Å². The van der Waals surface area contributed by atoms with Crippen LogP contribution in [0.15, 0.2) is 119 Å². The summed E-state index contributed by atoms with van der Waals surface area (Å²) in [5.74, 6) is 0. The number of hydrogen-bond acceptors (Lipinski definition) is 2. The van der Waals surface area contributed by atoms with Gasteiger partial charge >= 0.3 is 0 Å². The number of aliphatic imine (C=N–C) groups is 2. The molecule has 4 aromatic carbocycles. The van der Waals surface area contributed by atoms with Gasteiger partial charge in [-0.15, -0.1) is 0 Å². The minimum atomic E-state index is -0.668. The topological polar surface area (TPSA) is 24.7 Å². The molecule has 0 N–H and O–H groups in total. The Morgan fingerprint density at radius 1 is 0.583 bits per heavy atom. The summed E-state index contributed by atoms with van der Waals surface area (Å²) in [6, 6.07) is 39.5. The predicted octanol–water partition coefficient (Wildman–Crippen LogP) is 6.60. The van der Waals surface area contributed by atoms with Crippen molar-refractivity contribution in [2.75, 3.05) is 0 Å². The lowest BCUT2D eigenvalue weighted by molar-refractivity contribution is 0.390. The Labute approximate surface area is 216 Å². The molecular formula is C33H33N2P. The van der Waals surface area contributed by atoms with Crippen LogP contribution in [0.1, 0.15) is 42.4 Å². The molecule has 1 saturated carbocycles. The van der Waals surface area contributed by atoms with Crippen molar-refractivity contribution in [3.8, 4) is 0 Å². The van der Waals surface area contributed by atoms with E-state index in [0.29, 0.717) is 0 Å². The predicted molar refractivity (Wildman–Crippen MR) is 158 cm³/mol. The molecule has 1 aliphatic rings. The van der Waals surface area contributed by atoms with Gasteiger partial charge < -0.3 is 0 Å². The van der Waals surface area contributed by atoms with E-state index in [9.17, 15) is 0 Å². The molecule has 4 aromatic rings. The van der Waals surface area contributed by atoms with E-state index in [2.05, 4.69) is 129 Å². The minimum Gasteiger partial charge on any atom is -0.287 e. The molecule has 36 heavy (non-hydrogen) atoms. The molecule has 0 aromatic heterocycles. The lowest BCUT2D eigenvalue weighted by atomic mass is 9.91. The fourth-order valence-electron chi connectivity index (χ4n) is 4.90. The highest BCUT2D eigenvalue weighted by atomic mass is 31.1. The van der Waals surface area contributed by atoms with E-state index in [0.717, 1.165) is 12.8 Å². The lowest BCUT2D eigenvalue weighted by Crippen LogP contribution is -2.28. The first kappa shape index (κ1) is 24.3. The Morgan fingerprint density at radius 3 is 1.64 bits per heavy atom. The third kappa shape index (κ3) is 5.89. The number of benzene rings is 4. The molecule has 0 radical (unpaired) electrons. The highest BCUT2D eigenvalue weighted by Crippen LogP contribution is 2.34. The maximum absolute atomic E-state index is 5.17. The van der Waals surface area contributed by atoms with E-state index in [1.165, 1.54) is 45.4 Å². The smallest absolute Gasteiger partial charge is 0.0723 e. The monoisotopic (exact) mass is 488 g/mol. The van der Waals surface area contributed by atoms with Gasteiger partial charge in [0.15, 0.2) is 0 Å². The Hall–Kier alpha value is -3.35. The van der Waals surface area contributed by atoms with Crippen LogP contribution in [0.25, 0.3) is 0 Å². The first-order valence-electron chi connectivity index (χ1n) is 12.9. The van der Waals surface area contributed by atoms with Crippen molar-refractivity contribution in [2.45, 2.75) is 44.7 Å². The average molecular weight is 489 g/mol. The van der Waals surface area contributed by atoms with Crippen LogP contribution in [0, 0.1) is 6.92 Å². The van der Waals surface area contributed by atoms with Crippen molar-refractivity contribution >= 4 is 36.3 Å².